The number of aromatic nitrogens is 1. The number of hydrogen-bond donors (Lipinski definition) is 2. The minimum atomic E-state index is -3.65. The van der Waals surface area contributed by atoms with E-state index in [1.54, 1.807) is 0 Å². The Balaban J connectivity index is 2.17. The highest BCUT2D eigenvalue weighted by Crippen LogP contribution is 2.31. The monoisotopic (exact) mass is 296 g/mol. The molecule has 5 nitrogen and oxygen atoms in total. The zero-order valence-electron chi connectivity index (χ0n) is 8.60. The molecule has 17 heavy (non-hydrogen) atoms. The van der Waals surface area contributed by atoms with E-state index in [1.807, 2.05) is 0 Å². The van der Waals surface area contributed by atoms with Gasteiger partial charge >= 0.3 is 0 Å². The Hall–Kier alpha value is -0.400. The summed E-state index contributed by atoms with van der Waals surface area (Å²) < 4.78 is 26.2. The number of nitrogens with one attached hydrogen (secondary N) is 1. The lowest BCUT2D eigenvalue weighted by molar-refractivity contribution is 0.273. The summed E-state index contributed by atoms with van der Waals surface area (Å²) in [6.45, 7) is -0.0210. The molecule has 8 heteroatoms. The molecular formula is C9H10Cl2N2O3S. The molecular weight excluding hydrogens is 287 g/mol. The van der Waals surface area contributed by atoms with Crippen LogP contribution in [0.15, 0.2) is 17.2 Å². The predicted octanol–water partition coefficient (Wildman–Crippen LogP) is 1.05. The average Bonchev–Trinajstić information content (AvgIpc) is 2.99. The summed E-state index contributed by atoms with van der Waals surface area (Å²) in [7, 11) is -3.65. The molecule has 2 atom stereocenters. The minimum absolute atomic E-state index is 0.000469. The van der Waals surface area contributed by atoms with Gasteiger partial charge in [0.05, 0.1) is 5.02 Å². The average molecular weight is 297 g/mol. The molecule has 1 fully saturated rings. The zero-order chi connectivity index (χ0) is 12.6. The first-order chi connectivity index (χ1) is 7.94. The van der Waals surface area contributed by atoms with E-state index in [4.69, 9.17) is 28.3 Å². The second-order valence-electron chi connectivity index (χ2n) is 3.85. The molecule has 0 radical (unpaired) electrons. The third kappa shape index (κ3) is 2.89. The van der Waals surface area contributed by atoms with Gasteiger partial charge in [-0.1, -0.05) is 23.2 Å². The van der Waals surface area contributed by atoms with Gasteiger partial charge in [-0.25, -0.2) is 18.1 Å². The third-order valence-corrected chi connectivity index (χ3v) is 4.69. The van der Waals surface area contributed by atoms with Crippen molar-refractivity contribution in [1.82, 2.24) is 9.71 Å². The number of halogens is 2. The molecule has 2 unspecified atom stereocenters. The molecule has 1 heterocycles. The van der Waals surface area contributed by atoms with E-state index in [1.165, 1.54) is 6.07 Å². The molecule has 1 aromatic heterocycles. The quantitative estimate of drug-likeness (QED) is 0.814. The number of hydrogen-bond acceptors (Lipinski definition) is 4. The lowest BCUT2D eigenvalue weighted by atomic mass is 10.4. The van der Waals surface area contributed by atoms with Crippen molar-refractivity contribution in [3.63, 3.8) is 0 Å². The first-order valence-corrected chi connectivity index (χ1v) is 7.12. The van der Waals surface area contributed by atoms with E-state index >= 15 is 0 Å². The van der Waals surface area contributed by atoms with E-state index in [0.29, 0.717) is 6.42 Å². The van der Waals surface area contributed by atoms with Crippen molar-refractivity contribution in [1.29, 1.82) is 0 Å². The van der Waals surface area contributed by atoms with Crippen molar-refractivity contribution in [2.75, 3.05) is 6.61 Å². The maximum absolute atomic E-state index is 11.9. The van der Waals surface area contributed by atoms with Crippen LogP contribution in [-0.2, 0) is 10.0 Å². The van der Waals surface area contributed by atoms with Crippen molar-refractivity contribution in [2.45, 2.75) is 17.4 Å². The van der Waals surface area contributed by atoms with Gasteiger partial charge in [0.25, 0.3) is 0 Å². The van der Waals surface area contributed by atoms with Crippen LogP contribution >= 0.6 is 23.2 Å². The number of aliphatic hydroxyl groups excluding tert-OH is 1. The van der Waals surface area contributed by atoms with Crippen LogP contribution in [0.25, 0.3) is 0 Å². The molecule has 1 aliphatic carbocycles. The minimum Gasteiger partial charge on any atom is -0.396 e. The molecule has 0 saturated heterocycles. The molecule has 2 N–H and O–H groups in total. The van der Waals surface area contributed by atoms with Crippen LogP contribution in [0.5, 0.6) is 0 Å². The second kappa shape index (κ2) is 4.70. The molecule has 0 amide bonds. The number of aliphatic hydroxyl groups is 1. The van der Waals surface area contributed by atoms with Gasteiger partial charge in [0.15, 0.2) is 0 Å². The van der Waals surface area contributed by atoms with Gasteiger partial charge in [-0.05, 0) is 18.4 Å². The Morgan fingerprint density at radius 2 is 2.24 bits per heavy atom. The highest BCUT2D eigenvalue weighted by Gasteiger charge is 2.39. The van der Waals surface area contributed by atoms with E-state index in [9.17, 15) is 8.42 Å². The van der Waals surface area contributed by atoms with Crippen LogP contribution in [-0.4, -0.2) is 31.2 Å². The predicted molar refractivity (Wildman–Crippen MR) is 63.6 cm³/mol. The summed E-state index contributed by atoms with van der Waals surface area (Å²) in [5.41, 5.74) is 0. The molecule has 0 bridgehead atoms. The lowest BCUT2D eigenvalue weighted by Crippen LogP contribution is -2.27. The zero-order valence-corrected chi connectivity index (χ0v) is 10.9. The van der Waals surface area contributed by atoms with Crippen LogP contribution in [0.2, 0.25) is 10.2 Å². The van der Waals surface area contributed by atoms with E-state index < -0.39 is 10.0 Å². The normalized spacial score (nSPS) is 23.7. The van der Waals surface area contributed by atoms with E-state index in [-0.39, 0.29) is 33.6 Å². The van der Waals surface area contributed by atoms with Crippen molar-refractivity contribution in [3.05, 3.63) is 22.4 Å². The van der Waals surface area contributed by atoms with Gasteiger partial charge in [-0.3, -0.25) is 0 Å². The Bertz CT molecular complexity index is 535. The first kappa shape index (κ1) is 13.0. The number of pyridine rings is 1. The summed E-state index contributed by atoms with van der Waals surface area (Å²) in [5, 5.41) is 8.99. The highest BCUT2D eigenvalue weighted by molar-refractivity contribution is 7.89. The van der Waals surface area contributed by atoms with Gasteiger partial charge in [0.1, 0.15) is 10.0 Å². The maximum Gasteiger partial charge on any atom is 0.242 e. The molecule has 1 saturated carbocycles. The fraction of sp³-hybridized carbons (Fsp3) is 0.444. The number of rotatable bonds is 4. The van der Waals surface area contributed by atoms with Crippen LogP contribution < -0.4 is 4.72 Å². The fourth-order valence-corrected chi connectivity index (χ4v) is 3.03. The fourth-order valence-electron chi connectivity index (χ4n) is 1.41. The van der Waals surface area contributed by atoms with Gasteiger partial charge in [0.2, 0.25) is 10.0 Å². The summed E-state index contributed by atoms with van der Waals surface area (Å²) in [4.78, 5) is 3.64. The first-order valence-electron chi connectivity index (χ1n) is 4.88. The maximum atomic E-state index is 11.9. The second-order valence-corrected chi connectivity index (χ2v) is 6.33. The van der Waals surface area contributed by atoms with Crippen molar-refractivity contribution >= 4 is 33.2 Å². The lowest BCUT2D eigenvalue weighted by Gasteiger charge is -2.06. The van der Waals surface area contributed by atoms with Crippen molar-refractivity contribution in [3.8, 4) is 0 Å². The van der Waals surface area contributed by atoms with Crippen LogP contribution in [0, 0.1) is 5.92 Å². The Labute approximate surface area is 109 Å². The molecule has 1 aliphatic rings. The standard InChI is InChI=1S/C9H10Cl2N2O3S/c10-7-2-6(3-12-9(7)11)17(15,16)13-8-1-5(8)4-14/h2-3,5,8,13-14H,1,4H2. The van der Waals surface area contributed by atoms with Gasteiger partial charge in [0, 0.05) is 18.8 Å². The Kier molecular flexibility index (Phi) is 3.61. The van der Waals surface area contributed by atoms with Gasteiger partial charge < -0.3 is 5.11 Å². The smallest absolute Gasteiger partial charge is 0.242 e. The third-order valence-electron chi connectivity index (χ3n) is 2.55. The van der Waals surface area contributed by atoms with Crippen molar-refractivity contribution < 1.29 is 13.5 Å². The van der Waals surface area contributed by atoms with Crippen LogP contribution in [0.1, 0.15) is 6.42 Å². The van der Waals surface area contributed by atoms with Crippen LogP contribution in [0.4, 0.5) is 0 Å². The summed E-state index contributed by atoms with van der Waals surface area (Å²) >= 11 is 11.3. The number of sulfonamides is 1. The molecule has 0 aliphatic heterocycles. The summed E-state index contributed by atoms with van der Waals surface area (Å²) in [5.74, 6) is 0.000469. The molecule has 1 aromatic rings. The summed E-state index contributed by atoms with van der Waals surface area (Å²) in [6, 6.07) is 1.04. The Morgan fingerprint density at radius 3 is 2.76 bits per heavy atom. The molecule has 94 valence electrons. The molecule has 0 spiro atoms. The van der Waals surface area contributed by atoms with Crippen LogP contribution in [0.3, 0.4) is 0 Å². The van der Waals surface area contributed by atoms with Gasteiger partial charge in [-0.2, -0.15) is 0 Å². The topological polar surface area (TPSA) is 79.3 Å². The van der Waals surface area contributed by atoms with Gasteiger partial charge in [-0.15, -0.1) is 0 Å². The summed E-state index contributed by atoms with van der Waals surface area (Å²) in [6.07, 6.45) is 1.79. The van der Waals surface area contributed by atoms with Crippen molar-refractivity contribution in [2.24, 2.45) is 5.92 Å². The largest absolute Gasteiger partial charge is 0.396 e. The number of nitrogens with zero attached hydrogens (tertiary/aromatic N) is 1. The Morgan fingerprint density at radius 1 is 1.53 bits per heavy atom. The SMILES string of the molecule is O=S(=O)(NC1CC1CO)c1cnc(Cl)c(Cl)c1. The van der Waals surface area contributed by atoms with E-state index in [2.05, 4.69) is 9.71 Å². The molecule has 2 rings (SSSR count). The highest BCUT2D eigenvalue weighted by atomic mass is 35.5. The molecule has 0 aromatic carbocycles. The van der Waals surface area contributed by atoms with E-state index in [0.717, 1.165) is 6.20 Å².